The number of phenols is 1. The number of hydrogen-bond acceptors (Lipinski definition) is 2. The molecule has 2 aromatic carbocycles. The van der Waals surface area contributed by atoms with Crippen molar-refractivity contribution >= 4 is 0 Å². The summed E-state index contributed by atoms with van der Waals surface area (Å²) in [6.45, 7) is 4.55. The van der Waals surface area contributed by atoms with Gasteiger partial charge in [-0.2, -0.15) is 0 Å². The lowest BCUT2D eigenvalue weighted by Gasteiger charge is -2.21. The van der Waals surface area contributed by atoms with Crippen LogP contribution in [0.3, 0.4) is 0 Å². The van der Waals surface area contributed by atoms with Crippen LogP contribution >= 0.6 is 0 Å². The van der Waals surface area contributed by atoms with Gasteiger partial charge in [0.2, 0.25) is 0 Å². The first-order valence-corrected chi connectivity index (χ1v) is 12.8. The molecule has 0 amide bonds. The van der Waals surface area contributed by atoms with Gasteiger partial charge in [0.05, 0.1) is 0 Å². The molecule has 1 atom stereocenters. The maximum Gasteiger partial charge on any atom is 0.169 e. The van der Waals surface area contributed by atoms with Gasteiger partial charge in [-0.1, -0.05) is 121 Å². The molecule has 0 radical (unpaired) electrons. The van der Waals surface area contributed by atoms with E-state index >= 15 is 0 Å². The molecule has 0 aliphatic rings. The van der Waals surface area contributed by atoms with Crippen LogP contribution in [0.1, 0.15) is 115 Å². The average Bonchev–Trinajstić information content (AvgIpc) is 2.79. The number of hydrogen-bond donors (Lipinski definition) is 1. The first-order valence-electron chi connectivity index (χ1n) is 12.8. The van der Waals surface area contributed by atoms with Crippen LogP contribution in [0.25, 0.3) is 0 Å². The van der Waals surface area contributed by atoms with Crippen molar-refractivity contribution < 1.29 is 9.84 Å². The predicted molar refractivity (Wildman–Crippen MR) is 133 cm³/mol. The zero-order valence-electron chi connectivity index (χ0n) is 20.0. The van der Waals surface area contributed by atoms with Gasteiger partial charge in [-0.25, -0.2) is 0 Å². The van der Waals surface area contributed by atoms with Crippen molar-refractivity contribution in [2.24, 2.45) is 0 Å². The van der Waals surface area contributed by atoms with Gasteiger partial charge in [0.25, 0.3) is 0 Å². The molecule has 0 aromatic heterocycles. The van der Waals surface area contributed by atoms with Gasteiger partial charge >= 0.3 is 0 Å². The Hall–Kier alpha value is -1.96. The van der Waals surface area contributed by atoms with Gasteiger partial charge in [0.1, 0.15) is 5.75 Å². The number of unbranched alkanes of at least 4 members (excludes halogenated alkanes) is 10. The fraction of sp³-hybridized carbons (Fsp3) is 0.586. The minimum absolute atomic E-state index is 0.195. The number of ether oxygens (including phenoxy) is 1. The van der Waals surface area contributed by atoms with E-state index in [1.165, 1.54) is 95.5 Å². The predicted octanol–water partition coefficient (Wildman–Crippen LogP) is 9.77. The first-order chi connectivity index (χ1) is 15.3. The van der Waals surface area contributed by atoms with E-state index in [4.69, 9.17) is 4.74 Å². The zero-order chi connectivity index (χ0) is 22.2. The fourth-order valence-corrected chi connectivity index (χ4v) is 4.37. The van der Waals surface area contributed by atoms with Gasteiger partial charge in [-0.3, -0.25) is 0 Å². The number of aromatic hydroxyl groups is 1. The molecule has 0 bridgehead atoms. The summed E-state index contributed by atoms with van der Waals surface area (Å²) in [5.41, 5.74) is 1.30. The summed E-state index contributed by atoms with van der Waals surface area (Å²) in [6, 6.07) is 15.7. The lowest BCUT2D eigenvalue weighted by Crippen LogP contribution is -2.02. The Balaban J connectivity index is 2.01. The molecule has 2 heteroatoms. The second-order valence-electron chi connectivity index (χ2n) is 8.92. The van der Waals surface area contributed by atoms with E-state index in [0.29, 0.717) is 11.7 Å². The van der Waals surface area contributed by atoms with Gasteiger partial charge in [0.15, 0.2) is 11.5 Å². The average molecular weight is 425 g/mol. The molecule has 1 N–H and O–H groups in total. The van der Waals surface area contributed by atoms with E-state index < -0.39 is 0 Å². The highest BCUT2D eigenvalue weighted by Gasteiger charge is 2.17. The molecule has 2 nitrogen and oxygen atoms in total. The van der Waals surface area contributed by atoms with Gasteiger partial charge in [0, 0.05) is 0 Å². The molecule has 0 fully saturated rings. The van der Waals surface area contributed by atoms with Crippen LogP contribution < -0.4 is 4.74 Å². The third-order valence-corrected chi connectivity index (χ3v) is 6.26. The monoisotopic (exact) mass is 424 g/mol. The van der Waals surface area contributed by atoms with Crippen LogP contribution in [-0.4, -0.2) is 5.11 Å². The Morgan fingerprint density at radius 1 is 0.613 bits per heavy atom. The van der Waals surface area contributed by atoms with E-state index in [1.807, 2.05) is 24.3 Å². The van der Waals surface area contributed by atoms with Crippen molar-refractivity contribution in [3.63, 3.8) is 0 Å². The highest BCUT2D eigenvalue weighted by atomic mass is 16.5. The van der Waals surface area contributed by atoms with Gasteiger partial charge in [-0.05, 0) is 42.5 Å². The summed E-state index contributed by atoms with van der Waals surface area (Å²) in [4.78, 5) is 0. The van der Waals surface area contributed by atoms with Crippen LogP contribution in [-0.2, 0) is 0 Å². The van der Waals surface area contributed by atoms with Crippen molar-refractivity contribution in [1.82, 2.24) is 0 Å². The molecule has 0 saturated heterocycles. The molecular weight excluding hydrogens is 380 g/mol. The van der Waals surface area contributed by atoms with Crippen molar-refractivity contribution in [1.29, 1.82) is 0 Å². The highest BCUT2D eigenvalue weighted by molar-refractivity contribution is 5.45. The number of para-hydroxylation sites is 3. The van der Waals surface area contributed by atoms with Crippen LogP contribution in [0.15, 0.2) is 48.5 Å². The quantitative estimate of drug-likeness (QED) is 0.256. The van der Waals surface area contributed by atoms with Gasteiger partial charge < -0.3 is 9.84 Å². The zero-order valence-corrected chi connectivity index (χ0v) is 20.0. The number of rotatable bonds is 17. The Morgan fingerprint density at radius 3 is 1.68 bits per heavy atom. The van der Waals surface area contributed by atoms with Crippen molar-refractivity contribution in [3.05, 3.63) is 54.1 Å². The number of benzene rings is 2. The first kappa shape index (κ1) is 25.3. The lowest BCUT2D eigenvalue weighted by atomic mass is 9.87. The van der Waals surface area contributed by atoms with Crippen molar-refractivity contribution in [2.75, 3.05) is 0 Å². The Kier molecular flexibility index (Phi) is 12.9. The standard InChI is InChI=1S/C29H44O2/c1-3-5-7-9-10-12-14-20-25(19-13-11-8-6-4-2)26-21-15-17-23-28(26)31-29-24-18-16-22-27(29)30/h15-18,21-25,30H,3-14,19-20H2,1-2H3. The highest BCUT2D eigenvalue weighted by Crippen LogP contribution is 2.38. The van der Waals surface area contributed by atoms with Gasteiger partial charge in [-0.15, -0.1) is 0 Å². The van der Waals surface area contributed by atoms with E-state index in [1.54, 1.807) is 6.07 Å². The molecule has 172 valence electrons. The number of phenolic OH excluding ortho intramolecular Hbond substituents is 1. The molecule has 0 aliphatic carbocycles. The van der Waals surface area contributed by atoms with Crippen molar-refractivity contribution in [3.8, 4) is 17.2 Å². The smallest absolute Gasteiger partial charge is 0.169 e. The largest absolute Gasteiger partial charge is 0.504 e. The lowest BCUT2D eigenvalue weighted by molar-refractivity contribution is 0.402. The second-order valence-corrected chi connectivity index (χ2v) is 8.92. The second kappa shape index (κ2) is 15.8. The van der Waals surface area contributed by atoms with Crippen LogP contribution in [0, 0.1) is 0 Å². The molecule has 2 rings (SSSR count). The topological polar surface area (TPSA) is 29.5 Å². The van der Waals surface area contributed by atoms with Crippen LogP contribution in [0.5, 0.6) is 17.2 Å². The summed E-state index contributed by atoms with van der Waals surface area (Å²) in [6.07, 6.45) is 18.5. The summed E-state index contributed by atoms with van der Waals surface area (Å²) in [5.74, 6) is 2.15. The Morgan fingerprint density at radius 2 is 1.10 bits per heavy atom. The maximum absolute atomic E-state index is 10.2. The Bertz CT molecular complexity index is 709. The maximum atomic E-state index is 10.2. The molecule has 31 heavy (non-hydrogen) atoms. The van der Waals surface area contributed by atoms with E-state index in [0.717, 1.165) is 5.75 Å². The summed E-state index contributed by atoms with van der Waals surface area (Å²) in [5, 5.41) is 10.2. The third-order valence-electron chi connectivity index (χ3n) is 6.26. The summed E-state index contributed by atoms with van der Waals surface area (Å²) in [7, 11) is 0. The molecule has 0 heterocycles. The van der Waals surface area contributed by atoms with Crippen LogP contribution in [0.4, 0.5) is 0 Å². The molecular formula is C29H44O2. The minimum atomic E-state index is 0.195. The normalized spacial score (nSPS) is 12.1. The summed E-state index contributed by atoms with van der Waals surface area (Å²) < 4.78 is 6.19. The van der Waals surface area contributed by atoms with Crippen molar-refractivity contribution in [2.45, 2.75) is 110 Å². The fourth-order valence-electron chi connectivity index (χ4n) is 4.37. The third kappa shape index (κ3) is 9.80. The minimum Gasteiger partial charge on any atom is -0.504 e. The molecule has 0 aliphatic heterocycles. The van der Waals surface area contributed by atoms with E-state index in [-0.39, 0.29) is 5.75 Å². The molecule has 0 saturated carbocycles. The van der Waals surface area contributed by atoms with E-state index in [9.17, 15) is 5.11 Å². The molecule has 2 aromatic rings. The SMILES string of the molecule is CCCCCCCCCC(CCCCCCC)c1ccccc1Oc1ccccc1O. The van der Waals surface area contributed by atoms with E-state index in [2.05, 4.69) is 32.0 Å². The molecule has 1 unspecified atom stereocenters. The van der Waals surface area contributed by atoms with Crippen LogP contribution in [0.2, 0.25) is 0 Å². The molecule has 0 spiro atoms. The summed E-state index contributed by atoms with van der Waals surface area (Å²) >= 11 is 0. The Labute approximate surface area is 191 Å².